The fraction of sp³-hybridized carbons (Fsp3) is 0.286. The molecular weight excluding hydrogens is 246 g/mol. The van der Waals surface area contributed by atoms with Crippen LogP contribution in [0, 0.1) is 6.92 Å². The summed E-state index contributed by atoms with van der Waals surface area (Å²) < 4.78 is 11.1. The summed E-state index contributed by atoms with van der Waals surface area (Å²) in [5, 5.41) is 2.07. The predicted molar refractivity (Wildman–Crippen MR) is 72.5 cm³/mol. The van der Waals surface area contributed by atoms with Gasteiger partial charge in [0, 0.05) is 4.88 Å². The molecule has 0 saturated carbocycles. The van der Waals surface area contributed by atoms with Gasteiger partial charge in [-0.25, -0.2) is 0 Å². The minimum atomic E-state index is -0.105. The molecule has 0 radical (unpaired) electrons. The monoisotopic (exact) mass is 261 g/mol. The zero-order chi connectivity index (χ0) is 12.5. The Kier molecular flexibility index (Phi) is 2.97. The van der Waals surface area contributed by atoms with Crippen molar-refractivity contribution < 1.29 is 9.47 Å². The normalized spacial score (nSPS) is 15.4. The van der Waals surface area contributed by atoms with Crippen molar-refractivity contribution in [2.75, 3.05) is 13.2 Å². The largest absolute Gasteiger partial charge is 0.486 e. The molecule has 1 atom stereocenters. The van der Waals surface area contributed by atoms with Crippen molar-refractivity contribution >= 4 is 11.3 Å². The fourth-order valence-corrected chi connectivity index (χ4v) is 2.90. The van der Waals surface area contributed by atoms with Crippen LogP contribution in [0.25, 0.3) is 0 Å². The lowest BCUT2D eigenvalue weighted by Gasteiger charge is -2.20. The fourth-order valence-electron chi connectivity index (χ4n) is 2.15. The van der Waals surface area contributed by atoms with Crippen molar-refractivity contribution in [2.45, 2.75) is 13.0 Å². The molecule has 4 heteroatoms. The summed E-state index contributed by atoms with van der Waals surface area (Å²) in [7, 11) is 0. The van der Waals surface area contributed by atoms with E-state index in [1.54, 1.807) is 11.3 Å². The van der Waals surface area contributed by atoms with Gasteiger partial charge >= 0.3 is 0 Å². The van der Waals surface area contributed by atoms with Crippen molar-refractivity contribution in [1.29, 1.82) is 0 Å². The van der Waals surface area contributed by atoms with Gasteiger partial charge < -0.3 is 15.2 Å². The molecular formula is C14H15NO2S. The van der Waals surface area contributed by atoms with Gasteiger partial charge in [-0.15, -0.1) is 11.3 Å². The van der Waals surface area contributed by atoms with E-state index in [9.17, 15) is 0 Å². The highest BCUT2D eigenvalue weighted by Gasteiger charge is 2.17. The Hall–Kier alpha value is -1.52. The zero-order valence-electron chi connectivity index (χ0n) is 10.2. The Morgan fingerprint density at radius 3 is 2.67 bits per heavy atom. The number of hydrogen-bond donors (Lipinski definition) is 1. The molecule has 0 aliphatic carbocycles. The van der Waals surface area contributed by atoms with Gasteiger partial charge in [-0.1, -0.05) is 6.07 Å². The smallest absolute Gasteiger partial charge is 0.161 e. The van der Waals surface area contributed by atoms with Crippen LogP contribution in [-0.4, -0.2) is 13.2 Å². The number of ether oxygens (including phenoxy) is 2. The van der Waals surface area contributed by atoms with Crippen LogP contribution in [0.15, 0.2) is 29.6 Å². The second-order valence-corrected chi connectivity index (χ2v) is 5.43. The molecule has 0 bridgehead atoms. The summed E-state index contributed by atoms with van der Waals surface area (Å²) in [6.07, 6.45) is 0. The van der Waals surface area contributed by atoms with E-state index in [1.165, 1.54) is 10.4 Å². The molecule has 1 aliphatic heterocycles. The van der Waals surface area contributed by atoms with Crippen LogP contribution < -0.4 is 15.2 Å². The summed E-state index contributed by atoms with van der Waals surface area (Å²) in [5.41, 5.74) is 8.54. The molecule has 0 spiro atoms. The van der Waals surface area contributed by atoms with Crippen LogP contribution in [0.5, 0.6) is 11.5 Å². The highest BCUT2D eigenvalue weighted by Crippen LogP contribution is 2.34. The molecule has 2 aromatic rings. The van der Waals surface area contributed by atoms with Gasteiger partial charge in [0.05, 0.1) is 6.04 Å². The van der Waals surface area contributed by atoms with Crippen molar-refractivity contribution in [3.05, 3.63) is 45.6 Å². The summed E-state index contributed by atoms with van der Waals surface area (Å²) in [5.74, 6) is 1.60. The van der Waals surface area contributed by atoms with E-state index in [0.29, 0.717) is 13.2 Å². The molecule has 0 saturated heterocycles. The maximum Gasteiger partial charge on any atom is 0.161 e. The highest BCUT2D eigenvalue weighted by molar-refractivity contribution is 7.10. The number of hydrogen-bond acceptors (Lipinski definition) is 4. The van der Waals surface area contributed by atoms with E-state index < -0.39 is 0 Å². The molecule has 2 heterocycles. The third-order valence-corrected chi connectivity index (χ3v) is 4.02. The van der Waals surface area contributed by atoms with Gasteiger partial charge in [-0.2, -0.15) is 0 Å². The molecule has 1 unspecified atom stereocenters. The predicted octanol–water partition coefficient (Wildman–Crippen LogP) is 2.88. The van der Waals surface area contributed by atoms with Crippen molar-refractivity contribution in [3.63, 3.8) is 0 Å². The molecule has 0 amide bonds. The number of rotatable bonds is 2. The molecule has 0 fully saturated rings. The number of nitrogens with two attached hydrogens (primary N) is 1. The van der Waals surface area contributed by atoms with Gasteiger partial charge in [0.15, 0.2) is 11.5 Å². The van der Waals surface area contributed by atoms with E-state index in [2.05, 4.69) is 18.4 Å². The second kappa shape index (κ2) is 4.63. The van der Waals surface area contributed by atoms with Crippen LogP contribution in [0.1, 0.15) is 22.0 Å². The summed E-state index contributed by atoms with van der Waals surface area (Å²) >= 11 is 1.72. The third-order valence-electron chi connectivity index (χ3n) is 3.16. The topological polar surface area (TPSA) is 44.5 Å². The van der Waals surface area contributed by atoms with Crippen LogP contribution in [0.3, 0.4) is 0 Å². The molecule has 94 valence electrons. The molecule has 1 aliphatic rings. The van der Waals surface area contributed by atoms with Crippen molar-refractivity contribution in [2.24, 2.45) is 5.73 Å². The minimum absolute atomic E-state index is 0.105. The average Bonchev–Trinajstić information content (AvgIpc) is 2.83. The van der Waals surface area contributed by atoms with E-state index in [0.717, 1.165) is 17.1 Å². The second-order valence-electron chi connectivity index (χ2n) is 4.31. The number of fused-ring (bicyclic) bond motifs is 1. The lowest BCUT2D eigenvalue weighted by Crippen LogP contribution is -2.17. The first-order valence-electron chi connectivity index (χ1n) is 5.95. The van der Waals surface area contributed by atoms with Crippen molar-refractivity contribution in [3.8, 4) is 11.5 Å². The Morgan fingerprint density at radius 2 is 1.94 bits per heavy atom. The van der Waals surface area contributed by atoms with Gasteiger partial charge in [0.2, 0.25) is 0 Å². The summed E-state index contributed by atoms with van der Waals surface area (Å²) in [4.78, 5) is 1.26. The molecule has 3 rings (SSSR count). The first-order chi connectivity index (χ1) is 8.75. The van der Waals surface area contributed by atoms with E-state index in [4.69, 9.17) is 15.2 Å². The third kappa shape index (κ3) is 1.98. The number of aryl methyl sites for hydroxylation is 1. The van der Waals surface area contributed by atoms with E-state index in [-0.39, 0.29) is 6.04 Å². The zero-order valence-corrected chi connectivity index (χ0v) is 11.0. The summed E-state index contributed by atoms with van der Waals surface area (Å²) in [6.45, 7) is 3.31. The Bertz CT molecular complexity index is 565. The SMILES string of the molecule is Cc1sccc1C(N)c1ccc2c(c1)OCCO2. The first kappa shape index (κ1) is 11.6. The average molecular weight is 261 g/mol. The first-order valence-corrected chi connectivity index (χ1v) is 6.83. The molecule has 1 aromatic carbocycles. The quantitative estimate of drug-likeness (QED) is 0.904. The standard InChI is InChI=1S/C14H15NO2S/c1-9-11(4-7-18-9)14(15)10-2-3-12-13(8-10)17-6-5-16-12/h2-4,7-8,14H,5-6,15H2,1H3. The maximum absolute atomic E-state index is 6.31. The van der Waals surface area contributed by atoms with E-state index >= 15 is 0 Å². The minimum Gasteiger partial charge on any atom is -0.486 e. The lowest BCUT2D eigenvalue weighted by molar-refractivity contribution is 0.171. The maximum atomic E-state index is 6.31. The number of thiophene rings is 1. The Morgan fingerprint density at radius 1 is 1.17 bits per heavy atom. The van der Waals surface area contributed by atoms with Gasteiger partial charge in [-0.3, -0.25) is 0 Å². The van der Waals surface area contributed by atoms with Crippen LogP contribution in [0.4, 0.5) is 0 Å². The van der Waals surface area contributed by atoms with Crippen LogP contribution in [-0.2, 0) is 0 Å². The van der Waals surface area contributed by atoms with Crippen LogP contribution in [0.2, 0.25) is 0 Å². The number of benzene rings is 1. The highest BCUT2D eigenvalue weighted by atomic mass is 32.1. The Labute approximate surface area is 110 Å². The Balaban J connectivity index is 1.95. The van der Waals surface area contributed by atoms with E-state index in [1.807, 2.05) is 18.2 Å². The lowest BCUT2D eigenvalue weighted by atomic mass is 10.00. The molecule has 18 heavy (non-hydrogen) atoms. The molecule has 1 aromatic heterocycles. The van der Waals surface area contributed by atoms with Gasteiger partial charge in [0.1, 0.15) is 13.2 Å². The molecule has 2 N–H and O–H groups in total. The summed E-state index contributed by atoms with van der Waals surface area (Å²) in [6, 6.07) is 7.91. The van der Waals surface area contributed by atoms with Gasteiger partial charge in [0.25, 0.3) is 0 Å². The van der Waals surface area contributed by atoms with Crippen molar-refractivity contribution in [1.82, 2.24) is 0 Å². The van der Waals surface area contributed by atoms with Gasteiger partial charge in [-0.05, 0) is 41.6 Å². The van der Waals surface area contributed by atoms with Crippen LogP contribution >= 0.6 is 11.3 Å². The molecule has 3 nitrogen and oxygen atoms in total.